The van der Waals surface area contributed by atoms with E-state index in [-0.39, 0.29) is 23.7 Å². The van der Waals surface area contributed by atoms with E-state index in [1.807, 2.05) is 6.07 Å². The SMILES string of the molecule is CNC(=O)COc1coc(CN2CCc3ccccc3C2)cc1=O. The molecule has 1 N–H and O–H groups in total. The molecular formula is C18H20N2O4. The van der Waals surface area contributed by atoms with Gasteiger partial charge in [-0.05, 0) is 17.5 Å². The van der Waals surface area contributed by atoms with Gasteiger partial charge in [-0.3, -0.25) is 14.5 Å². The summed E-state index contributed by atoms with van der Waals surface area (Å²) in [6, 6.07) is 9.82. The number of amides is 1. The highest BCUT2D eigenvalue weighted by atomic mass is 16.5. The molecule has 1 aliphatic rings. The molecule has 0 saturated carbocycles. The third-order valence-electron chi connectivity index (χ3n) is 4.08. The average Bonchev–Trinajstić information content (AvgIpc) is 2.60. The molecule has 3 rings (SSSR count). The van der Waals surface area contributed by atoms with Gasteiger partial charge < -0.3 is 14.5 Å². The second kappa shape index (κ2) is 7.31. The fourth-order valence-corrected chi connectivity index (χ4v) is 2.75. The molecule has 0 radical (unpaired) electrons. The zero-order chi connectivity index (χ0) is 16.9. The zero-order valence-corrected chi connectivity index (χ0v) is 13.6. The first-order chi connectivity index (χ1) is 11.7. The number of carbonyl (C=O) groups is 1. The van der Waals surface area contributed by atoms with Gasteiger partial charge in [0.05, 0.1) is 6.54 Å². The van der Waals surface area contributed by atoms with Crippen LogP contribution in [0.1, 0.15) is 16.9 Å². The summed E-state index contributed by atoms with van der Waals surface area (Å²) < 4.78 is 10.6. The zero-order valence-electron chi connectivity index (χ0n) is 13.6. The number of nitrogens with zero attached hydrogens (tertiary/aromatic N) is 1. The van der Waals surface area contributed by atoms with E-state index >= 15 is 0 Å². The van der Waals surface area contributed by atoms with Gasteiger partial charge in [-0.25, -0.2) is 0 Å². The van der Waals surface area contributed by atoms with Gasteiger partial charge in [-0.1, -0.05) is 24.3 Å². The Balaban J connectivity index is 1.63. The van der Waals surface area contributed by atoms with Gasteiger partial charge in [-0.2, -0.15) is 0 Å². The number of hydrogen-bond donors (Lipinski definition) is 1. The fourth-order valence-electron chi connectivity index (χ4n) is 2.75. The quantitative estimate of drug-likeness (QED) is 0.896. The van der Waals surface area contributed by atoms with Crippen LogP contribution in [0.15, 0.2) is 45.8 Å². The van der Waals surface area contributed by atoms with E-state index in [1.54, 1.807) is 0 Å². The van der Waals surface area contributed by atoms with Crippen molar-refractivity contribution in [2.45, 2.75) is 19.5 Å². The van der Waals surface area contributed by atoms with Crippen molar-refractivity contribution in [3.63, 3.8) is 0 Å². The van der Waals surface area contributed by atoms with E-state index in [9.17, 15) is 9.59 Å². The second-order valence-corrected chi connectivity index (χ2v) is 5.77. The predicted octanol–water partition coefficient (Wildman–Crippen LogP) is 1.32. The van der Waals surface area contributed by atoms with Gasteiger partial charge >= 0.3 is 0 Å². The Morgan fingerprint density at radius 2 is 2.12 bits per heavy atom. The molecule has 0 unspecified atom stereocenters. The van der Waals surface area contributed by atoms with Crippen LogP contribution in [0.5, 0.6) is 5.75 Å². The molecule has 0 saturated heterocycles. The normalized spacial score (nSPS) is 14.0. The Morgan fingerprint density at radius 1 is 1.33 bits per heavy atom. The lowest BCUT2D eigenvalue weighted by Crippen LogP contribution is -2.30. The van der Waals surface area contributed by atoms with Gasteiger partial charge in [0.2, 0.25) is 11.2 Å². The maximum atomic E-state index is 12.0. The molecule has 6 nitrogen and oxygen atoms in total. The maximum absolute atomic E-state index is 12.0. The van der Waals surface area contributed by atoms with Crippen molar-refractivity contribution in [3.8, 4) is 5.75 Å². The van der Waals surface area contributed by atoms with Crippen molar-refractivity contribution in [3.05, 3.63) is 63.7 Å². The van der Waals surface area contributed by atoms with Crippen LogP contribution >= 0.6 is 0 Å². The first-order valence-corrected chi connectivity index (χ1v) is 7.90. The highest BCUT2D eigenvalue weighted by molar-refractivity contribution is 5.77. The number of hydrogen-bond acceptors (Lipinski definition) is 5. The summed E-state index contributed by atoms with van der Waals surface area (Å²) in [5.41, 5.74) is 2.42. The first-order valence-electron chi connectivity index (χ1n) is 7.90. The van der Waals surface area contributed by atoms with Gasteiger partial charge in [0.25, 0.3) is 5.91 Å². The van der Waals surface area contributed by atoms with Crippen LogP contribution in [-0.4, -0.2) is 31.0 Å². The monoisotopic (exact) mass is 328 g/mol. The number of likely N-dealkylation sites (N-methyl/N-ethyl adjacent to an activating group) is 1. The lowest BCUT2D eigenvalue weighted by Gasteiger charge is -2.28. The maximum Gasteiger partial charge on any atom is 0.257 e. The topological polar surface area (TPSA) is 71.8 Å². The van der Waals surface area contributed by atoms with Crippen LogP contribution in [0.3, 0.4) is 0 Å². The lowest BCUT2D eigenvalue weighted by atomic mass is 10.00. The van der Waals surface area contributed by atoms with E-state index in [1.165, 1.54) is 30.5 Å². The van der Waals surface area contributed by atoms with Gasteiger partial charge in [-0.15, -0.1) is 0 Å². The third-order valence-corrected chi connectivity index (χ3v) is 4.08. The third kappa shape index (κ3) is 3.83. The standard InChI is InChI=1S/C18H20N2O4/c1-19-18(22)12-24-17-11-23-15(8-16(17)21)10-20-7-6-13-4-2-3-5-14(13)9-20/h2-5,8,11H,6-7,9-10,12H2,1H3,(H,19,22). The van der Waals surface area contributed by atoms with Gasteiger partial charge in [0.1, 0.15) is 12.0 Å². The Labute approximate surface area is 140 Å². The van der Waals surface area contributed by atoms with E-state index in [2.05, 4.69) is 28.4 Å². The fraction of sp³-hybridized carbons (Fsp3) is 0.333. The summed E-state index contributed by atoms with van der Waals surface area (Å²) in [6.45, 7) is 2.13. The first kappa shape index (κ1) is 16.3. The Hall–Kier alpha value is -2.60. The van der Waals surface area contributed by atoms with Crippen LogP contribution in [0.2, 0.25) is 0 Å². The van der Waals surface area contributed by atoms with Crippen LogP contribution < -0.4 is 15.5 Å². The molecule has 1 aromatic carbocycles. The molecule has 0 fully saturated rings. The van der Waals surface area contributed by atoms with Gasteiger partial charge in [0.15, 0.2) is 6.61 Å². The number of rotatable bonds is 5. The summed E-state index contributed by atoms with van der Waals surface area (Å²) >= 11 is 0. The smallest absolute Gasteiger partial charge is 0.257 e. The number of fused-ring (bicyclic) bond motifs is 1. The second-order valence-electron chi connectivity index (χ2n) is 5.77. The van der Waals surface area contributed by atoms with E-state index in [0.29, 0.717) is 12.3 Å². The van der Waals surface area contributed by atoms with Crippen molar-refractivity contribution in [2.75, 3.05) is 20.2 Å². The van der Waals surface area contributed by atoms with Crippen molar-refractivity contribution in [2.24, 2.45) is 0 Å². The summed E-state index contributed by atoms with van der Waals surface area (Å²) in [5, 5.41) is 2.43. The molecular weight excluding hydrogens is 308 g/mol. The summed E-state index contributed by atoms with van der Waals surface area (Å²) in [6.07, 6.45) is 2.27. The van der Waals surface area contributed by atoms with Crippen LogP contribution in [0.25, 0.3) is 0 Å². The molecule has 0 spiro atoms. The minimum Gasteiger partial charge on any atom is -0.477 e. The number of carbonyl (C=O) groups excluding carboxylic acids is 1. The highest BCUT2D eigenvalue weighted by Gasteiger charge is 2.17. The Morgan fingerprint density at radius 3 is 2.88 bits per heavy atom. The van der Waals surface area contributed by atoms with E-state index in [0.717, 1.165) is 19.5 Å². The molecule has 2 aromatic rings. The van der Waals surface area contributed by atoms with Crippen molar-refractivity contribution < 1.29 is 13.9 Å². The van der Waals surface area contributed by atoms with Crippen LogP contribution in [0.4, 0.5) is 0 Å². The van der Waals surface area contributed by atoms with E-state index in [4.69, 9.17) is 9.15 Å². The molecule has 1 aromatic heterocycles. The molecule has 2 heterocycles. The molecule has 0 atom stereocenters. The molecule has 126 valence electrons. The summed E-state index contributed by atoms with van der Waals surface area (Å²) in [7, 11) is 1.51. The van der Waals surface area contributed by atoms with Crippen molar-refractivity contribution >= 4 is 5.91 Å². The van der Waals surface area contributed by atoms with Crippen LogP contribution in [0, 0.1) is 0 Å². The summed E-state index contributed by atoms with van der Waals surface area (Å²) in [4.78, 5) is 25.4. The Kier molecular flexibility index (Phi) is 4.96. The molecule has 24 heavy (non-hydrogen) atoms. The van der Waals surface area contributed by atoms with Crippen molar-refractivity contribution in [1.82, 2.24) is 10.2 Å². The molecule has 0 bridgehead atoms. The lowest BCUT2D eigenvalue weighted by molar-refractivity contribution is -0.122. The molecule has 1 amide bonds. The molecule has 6 heteroatoms. The number of nitrogens with one attached hydrogen (secondary N) is 1. The predicted molar refractivity (Wildman–Crippen MR) is 88.8 cm³/mol. The Bertz CT molecular complexity index is 785. The number of ether oxygens (including phenoxy) is 1. The molecule has 0 aliphatic carbocycles. The minimum absolute atomic E-state index is 0.0475. The average molecular weight is 328 g/mol. The largest absolute Gasteiger partial charge is 0.477 e. The minimum atomic E-state index is -0.301. The van der Waals surface area contributed by atoms with Crippen LogP contribution in [-0.2, 0) is 24.3 Å². The number of benzene rings is 1. The summed E-state index contributed by atoms with van der Waals surface area (Å²) in [5.74, 6) is 0.337. The van der Waals surface area contributed by atoms with Crippen molar-refractivity contribution in [1.29, 1.82) is 0 Å². The van der Waals surface area contributed by atoms with Gasteiger partial charge in [0, 0.05) is 26.2 Å². The van der Waals surface area contributed by atoms with E-state index < -0.39 is 0 Å². The highest BCUT2D eigenvalue weighted by Crippen LogP contribution is 2.20. The molecule has 1 aliphatic heterocycles.